The van der Waals surface area contributed by atoms with Crippen molar-refractivity contribution in [3.05, 3.63) is 23.8 Å². The van der Waals surface area contributed by atoms with Crippen LogP contribution in [0.25, 0.3) is 0 Å². The van der Waals surface area contributed by atoms with Gasteiger partial charge in [-0.15, -0.1) is 0 Å². The SMILES string of the molecule is CCOc1ccc(C(=O)N2CCCCC2)c(OCC)c1. The lowest BCUT2D eigenvalue weighted by atomic mass is 10.1. The van der Waals surface area contributed by atoms with Gasteiger partial charge in [-0.25, -0.2) is 0 Å². The summed E-state index contributed by atoms with van der Waals surface area (Å²) in [7, 11) is 0. The van der Waals surface area contributed by atoms with Crippen LogP contribution in [0.5, 0.6) is 11.5 Å². The molecule has 20 heavy (non-hydrogen) atoms. The predicted molar refractivity (Wildman–Crippen MR) is 78.5 cm³/mol. The van der Waals surface area contributed by atoms with Gasteiger partial charge in [0.1, 0.15) is 11.5 Å². The third-order valence-electron chi connectivity index (χ3n) is 3.44. The molecule has 1 aliphatic rings. The zero-order chi connectivity index (χ0) is 14.4. The van der Waals surface area contributed by atoms with E-state index in [0.29, 0.717) is 24.5 Å². The number of hydrogen-bond donors (Lipinski definition) is 0. The number of nitrogens with zero attached hydrogens (tertiary/aromatic N) is 1. The summed E-state index contributed by atoms with van der Waals surface area (Å²) in [5, 5.41) is 0. The van der Waals surface area contributed by atoms with Gasteiger partial charge in [0.25, 0.3) is 5.91 Å². The molecule has 1 saturated heterocycles. The summed E-state index contributed by atoms with van der Waals surface area (Å²) in [6, 6.07) is 5.46. The molecular formula is C16H23NO3. The number of rotatable bonds is 5. The highest BCUT2D eigenvalue weighted by molar-refractivity contribution is 5.97. The Hall–Kier alpha value is -1.71. The number of piperidine rings is 1. The normalized spacial score (nSPS) is 15.0. The van der Waals surface area contributed by atoms with Gasteiger partial charge in [0.15, 0.2) is 0 Å². The lowest BCUT2D eigenvalue weighted by Crippen LogP contribution is -2.35. The van der Waals surface area contributed by atoms with E-state index < -0.39 is 0 Å². The van der Waals surface area contributed by atoms with Crippen LogP contribution in [0.15, 0.2) is 18.2 Å². The second-order valence-corrected chi connectivity index (χ2v) is 4.88. The molecule has 0 N–H and O–H groups in total. The van der Waals surface area contributed by atoms with E-state index in [2.05, 4.69) is 0 Å². The molecule has 1 aliphatic heterocycles. The summed E-state index contributed by atoms with van der Waals surface area (Å²) in [6.07, 6.45) is 3.39. The fourth-order valence-electron chi connectivity index (χ4n) is 2.48. The smallest absolute Gasteiger partial charge is 0.257 e. The largest absolute Gasteiger partial charge is 0.494 e. The molecule has 0 bridgehead atoms. The van der Waals surface area contributed by atoms with Crippen LogP contribution in [-0.4, -0.2) is 37.1 Å². The Morgan fingerprint density at radius 3 is 2.45 bits per heavy atom. The Morgan fingerprint density at radius 2 is 1.80 bits per heavy atom. The van der Waals surface area contributed by atoms with E-state index in [1.807, 2.05) is 36.9 Å². The fourth-order valence-corrected chi connectivity index (χ4v) is 2.48. The monoisotopic (exact) mass is 277 g/mol. The van der Waals surface area contributed by atoms with Crippen molar-refractivity contribution in [2.24, 2.45) is 0 Å². The van der Waals surface area contributed by atoms with E-state index in [0.717, 1.165) is 31.7 Å². The van der Waals surface area contributed by atoms with Crippen molar-refractivity contribution < 1.29 is 14.3 Å². The first-order valence-corrected chi connectivity index (χ1v) is 7.45. The van der Waals surface area contributed by atoms with Gasteiger partial charge in [0.2, 0.25) is 0 Å². The van der Waals surface area contributed by atoms with Crippen molar-refractivity contribution in [3.8, 4) is 11.5 Å². The van der Waals surface area contributed by atoms with Crippen LogP contribution in [0.2, 0.25) is 0 Å². The standard InChI is InChI=1S/C16H23NO3/c1-3-19-13-8-9-14(15(12-13)20-4-2)16(18)17-10-6-5-7-11-17/h8-9,12H,3-7,10-11H2,1-2H3. The topological polar surface area (TPSA) is 38.8 Å². The van der Waals surface area contributed by atoms with Crippen LogP contribution in [0.1, 0.15) is 43.5 Å². The average molecular weight is 277 g/mol. The maximum absolute atomic E-state index is 12.6. The Balaban J connectivity index is 2.22. The van der Waals surface area contributed by atoms with Crippen LogP contribution in [0.3, 0.4) is 0 Å². The van der Waals surface area contributed by atoms with Crippen molar-refractivity contribution in [2.45, 2.75) is 33.1 Å². The van der Waals surface area contributed by atoms with Crippen molar-refractivity contribution in [3.63, 3.8) is 0 Å². The van der Waals surface area contributed by atoms with Gasteiger partial charge in [-0.2, -0.15) is 0 Å². The van der Waals surface area contributed by atoms with Crippen molar-refractivity contribution >= 4 is 5.91 Å². The molecule has 0 aromatic heterocycles. The lowest BCUT2D eigenvalue weighted by Gasteiger charge is -2.27. The van der Waals surface area contributed by atoms with E-state index >= 15 is 0 Å². The van der Waals surface area contributed by atoms with Gasteiger partial charge in [-0.05, 0) is 45.2 Å². The number of benzene rings is 1. The third kappa shape index (κ3) is 3.44. The Kier molecular flexibility index (Phi) is 5.27. The van der Waals surface area contributed by atoms with Gasteiger partial charge in [-0.1, -0.05) is 0 Å². The van der Waals surface area contributed by atoms with Crippen LogP contribution < -0.4 is 9.47 Å². The molecule has 1 amide bonds. The molecule has 1 aromatic carbocycles. The Morgan fingerprint density at radius 1 is 1.10 bits per heavy atom. The Bertz CT molecular complexity index is 453. The number of likely N-dealkylation sites (tertiary alicyclic amines) is 1. The molecule has 0 atom stereocenters. The molecule has 1 heterocycles. The van der Waals surface area contributed by atoms with Gasteiger partial charge in [-0.3, -0.25) is 4.79 Å². The van der Waals surface area contributed by atoms with E-state index in [9.17, 15) is 4.79 Å². The van der Waals surface area contributed by atoms with Crippen LogP contribution >= 0.6 is 0 Å². The van der Waals surface area contributed by atoms with Crippen molar-refractivity contribution in [1.29, 1.82) is 0 Å². The van der Waals surface area contributed by atoms with Gasteiger partial charge in [0, 0.05) is 19.2 Å². The molecule has 1 fully saturated rings. The molecule has 0 saturated carbocycles. The molecule has 0 aliphatic carbocycles. The van der Waals surface area contributed by atoms with Crippen molar-refractivity contribution in [1.82, 2.24) is 4.90 Å². The molecule has 0 spiro atoms. The highest BCUT2D eigenvalue weighted by Crippen LogP contribution is 2.27. The summed E-state index contributed by atoms with van der Waals surface area (Å²) in [5.41, 5.74) is 0.636. The lowest BCUT2D eigenvalue weighted by molar-refractivity contribution is 0.0720. The first-order valence-electron chi connectivity index (χ1n) is 7.45. The van der Waals surface area contributed by atoms with Crippen LogP contribution in [0, 0.1) is 0 Å². The zero-order valence-corrected chi connectivity index (χ0v) is 12.4. The van der Waals surface area contributed by atoms with E-state index in [1.54, 1.807) is 0 Å². The molecule has 110 valence electrons. The van der Waals surface area contributed by atoms with Gasteiger partial charge >= 0.3 is 0 Å². The molecule has 4 heteroatoms. The molecule has 2 rings (SSSR count). The molecule has 0 radical (unpaired) electrons. The molecule has 1 aromatic rings. The maximum Gasteiger partial charge on any atom is 0.257 e. The summed E-state index contributed by atoms with van der Waals surface area (Å²) < 4.78 is 11.1. The average Bonchev–Trinajstić information content (AvgIpc) is 2.48. The van der Waals surface area contributed by atoms with E-state index in [-0.39, 0.29) is 5.91 Å². The zero-order valence-electron chi connectivity index (χ0n) is 12.4. The van der Waals surface area contributed by atoms with E-state index in [1.165, 1.54) is 6.42 Å². The minimum atomic E-state index is 0.0659. The number of amides is 1. The predicted octanol–water partition coefficient (Wildman–Crippen LogP) is 3.11. The summed E-state index contributed by atoms with van der Waals surface area (Å²) in [4.78, 5) is 14.5. The molecule has 4 nitrogen and oxygen atoms in total. The molecule has 0 unspecified atom stereocenters. The number of ether oxygens (including phenoxy) is 2. The summed E-state index contributed by atoms with van der Waals surface area (Å²) >= 11 is 0. The maximum atomic E-state index is 12.6. The van der Waals surface area contributed by atoms with Crippen LogP contribution in [0.4, 0.5) is 0 Å². The number of carbonyl (C=O) groups is 1. The quantitative estimate of drug-likeness (QED) is 0.830. The molecular weight excluding hydrogens is 254 g/mol. The summed E-state index contributed by atoms with van der Waals surface area (Å²) in [6.45, 7) is 6.69. The van der Waals surface area contributed by atoms with Gasteiger partial charge in [0.05, 0.1) is 18.8 Å². The minimum absolute atomic E-state index is 0.0659. The Labute approximate surface area is 120 Å². The highest BCUT2D eigenvalue weighted by atomic mass is 16.5. The minimum Gasteiger partial charge on any atom is -0.494 e. The summed E-state index contributed by atoms with van der Waals surface area (Å²) in [5.74, 6) is 1.43. The first-order chi connectivity index (χ1) is 9.76. The second-order valence-electron chi connectivity index (χ2n) is 4.88. The van der Waals surface area contributed by atoms with Gasteiger partial charge < -0.3 is 14.4 Å². The first kappa shape index (κ1) is 14.7. The fraction of sp³-hybridized carbons (Fsp3) is 0.562. The highest BCUT2D eigenvalue weighted by Gasteiger charge is 2.21. The van der Waals surface area contributed by atoms with E-state index in [4.69, 9.17) is 9.47 Å². The van der Waals surface area contributed by atoms with Crippen molar-refractivity contribution in [2.75, 3.05) is 26.3 Å². The number of carbonyl (C=O) groups excluding carboxylic acids is 1. The third-order valence-corrected chi connectivity index (χ3v) is 3.44. The van der Waals surface area contributed by atoms with Crippen LogP contribution in [-0.2, 0) is 0 Å². The second kappa shape index (κ2) is 7.17. The number of hydrogen-bond acceptors (Lipinski definition) is 3.